The van der Waals surface area contributed by atoms with Gasteiger partial charge in [-0.25, -0.2) is 0 Å². The van der Waals surface area contributed by atoms with Gasteiger partial charge in [0.2, 0.25) is 5.75 Å². The maximum atomic E-state index is 12.2. The number of ether oxygens (including phenoxy) is 2. The Kier molecular flexibility index (Phi) is 6.89. The minimum Gasteiger partial charge on any atom is -0.493 e. The number of nitro groups is 1. The van der Waals surface area contributed by atoms with E-state index in [2.05, 4.69) is 4.40 Å². The van der Waals surface area contributed by atoms with Gasteiger partial charge in [0.05, 0.1) is 23.5 Å². The lowest BCUT2D eigenvalue weighted by atomic mass is 10.2. The largest absolute Gasteiger partial charge is 0.493 e. The van der Waals surface area contributed by atoms with E-state index in [1.165, 1.54) is 31.4 Å². The predicted molar refractivity (Wildman–Crippen MR) is 101 cm³/mol. The van der Waals surface area contributed by atoms with Crippen molar-refractivity contribution in [1.29, 1.82) is 0 Å². The van der Waals surface area contributed by atoms with Crippen LogP contribution in [-0.4, -0.2) is 33.3 Å². The summed E-state index contributed by atoms with van der Waals surface area (Å²) < 4.78 is 38.8. The fraction of sp³-hybridized carbons (Fsp3) is 0.278. The number of benzene rings is 2. The Hall–Kier alpha value is -2.94. The van der Waals surface area contributed by atoms with E-state index in [1.807, 2.05) is 6.92 Å². The number of sulfonamides is 1. The second-order valence-electron chi connectivity index (χ2n) is 5.55. The standard InChI is InChI=1S/C18H20N2O6S/c1-3-4-10-26-18-16(20(21)22)11-14(12-17(18)25-2)13-19-27(23,24)15-8-6-5-7-9-15/h5-9,11-13H,3-4,10H2,1-2H3/b19-13-. The second kappa shape index (κ2) is 9.13. The van der Waals surface area contributed by atoms with Gasteiger partial charge in [-0.15, -0.1) is 0 Å². The maximum Gasteiger partial charge on any atom is 0.315 e. The number of unbranched alkanes of at least 4 members (excludes halogenated alkanes) is 1. The molecule has 0 saturated carbocycles. The van der Waals surface area contributed by atoms with Gasteiger partial charge in [0.1, 0.15) is 0 Å². The van der Waals surface area contributed by atoms with E-state index in [0.717, 1.165) is 19.1 Å². The van der Waals surface area contributed by atoms with Crippen molar-refractivity contribution < 1.29 is 22.8 Å². The molecule has 144 valence electrons. The quantitative estimate of drug-likeness (QED) is 0.279. The van der Waals surface area contributed by atoms with Gasteiger partial charge in [-0.3, -0.25) is 10.1 Å². The van der Waals surface area contributed by atoms with Crippen molar-refractivity contribution in [2.45, 2.75) is 24.7 Å². The summed E-state index contributed by atoms with van der Waals surface area (Å²) in [5.74, 6) is 0.151. The number of hydrogen-bond acceptors (Lipinski definition) is 6. The van der Waals surface area contributed by atoms with Gasteiger partial charge < -0.3 is 9.47 Å². The molecule has 0 saturated heterocycles. The van der Waals surface area contributed by atoms with E-state index < -0.39 is 14.9 Å². The lowest BCUT2D eigenvalue weighted by Gasteiger charge is -2.11. The van der Waals surface area contributed by atoms with Crippen molar-refractivity contribution >= 4 is 21.9 Å². The average Bonchev–Trinajstić information content (AvgIpc) is 2.67. The third-order valence-corrected chi connectivity index (χ3v) is 4.85. The molecule has 0 radical (unpaired) electrons. The number of nitrogens with zero attached hydrogens (tertiary/aromatic N) is 2. The smallest absolute Gasteiger partial charge is 0.315 e. The molecule has 2 rings (SSSR count). The Morgan fingerprint density at radius 2 is 1.93 bits per heavy atom. The SMILES string of the molecule is CCCCOc1c(OC)cc(/C=N\S(=O)(=O)c2ccccc2)cc1[N+](=O)[O-]. The minimum atomic E-state index is -3.91. The molecule has 0 aliphatic rings. The number of nitro benzene ring substituents is 1. The summed E-state index contributed by atoms with van der Waals surface area (Å²) in [6.45, 7) is 2.28. The van der Waals surface area contributed by atoms with Gasteiger partial charge >= 0.3 is 5.69 Å². The van der Waals surface area contributed by atoms with E-state index in [0.29, 0.717) is 6.61 Å². The fourth-order valence-corrected chi connectivity index (χ4v) is 3.10. The van der Waals surface area contributed by atoms with Crippen LogP contribution in [0.2, 0.25) is 0 Å². The number of methoxy groups -OCH3 is 1. The first-order valence-corrected chi connectivity index (χ1v) is 9.67. The maximum absolute atomic E-state index is 12.2. The molecule has 0 heterocycles. The lowest BCUT2D eigenvalue weighted by molar-refractivity contribution is -0.386. The Bertz CT molecular complexity index is 926. The van der Waals surface area contributed by atoms with E-state index >= 15 is 0 Å². The summed E-state index contributed by atoms with van der Waals surface area (Å²) in [6.07, 6.45) is 2.66. The minimum absolute atomic E-state index is 0.0130. The van der Waals surface area contributed by atoms with Crippen LogP contribution in [0, 0.1) is 10.1 Å². The van der Waals surface area contributed by atoms with Crippen LogP contribution in [0.3, 0.4) is 0 Å². The Morgan fingerprint density at radius 1 is 1.22 bits per heavy atom. The molecule has 0 unspecified atom stereocenters. The van der Waals surface area contributed by atoms with Crippen molar-refractivity contribution in [2.24, 2.45) is 4.40 Å². The van der Waals surface area contributed by atoms with E-state index in [4.69, 9.17) is 9.47 Å². The third kappa shape index (κ3) is 5.27. The molecule has 0 amide bonds. The number of hydrogen-bond donors (Lipinski definition) is 0. The van der Waals surface area contributed by atoms with Crippen molar-refractivity contribution in [2.75, 3.05) is 13.7 Å². The zero-order valence-electron chi connectivity index (χ0n) is 15.0. The zero-order chi connectivity index (χ0) is 19.9. The highest BCUT2D eigenvalue weighted by Gasteiger charge is 2.22. The highest BCUT2D eigenvalue weighted by molar-refractivity contribution is 7.90. The zero-order valence-corrected chi connectivity index (χ0v) is 15.8. The molecule has 0 aromatic heterocycles. The molecule has 9 heteroatoms. The van der Waals surface area contributed by atoms with Crippen molar-refractivity contribution in [3.8, 4) is 11.5 Å². The van der Waals surface area contributed by atoms with E-state index in [9.17, 15) is 18.5 Å². The first kappa shape index (κ1) is 20.4. The van der Waals surface area contributed by atoms with Gasteiger partial charge in [0, 0.05) is 17.8 Å². The van der Waals surface area contributed by atoms with E-state index in [1.54, 1.807) is 18.2 Å². The Labute approximate surface area is 157 Å². The number of rotatable bonds is 9. The highest BCUT2D eigenvalue weighted by atomic mass is 32.2. The molecule has 0 fully saturated rings. The molecular formula is C18H20N2O6S. The van der Waals surface area contributed by atoms with Crippen LogP contribution < -0.4 is 9.47 Å². The normalized spacial score (nSPS) is 11.5. The Morgan fingerprint density at radius 3 is 2.52 bits per heavy atom. The van der Waals surface area contributed by atoms with Gasteiger partial charge in [-0.2, -0.15) is 12.8 Å². The van der Waals surface area contributed by atoms with E-state index in [-0.39, 0.29) is 27.6 Å². The molecule has 8 nitrogen and oxygen atoms in total. The molecule has 0 aliphatic carbocycles. The average molecular weight is 392 g/mol. The molecule has 2 aromatic carbocycles. The fourth-order valence-electron chi connectivity index (χ4n) is 2.22. The monoisotopic (exact) mass is 392 g/mol. The Balaban J connectivity index is 2.40. The summed E-state index contributed by atoms with van der Waals surface area (Å²) in [6, 6.07) is 10.3. The van der Waals surface area contributed by atoms with Crippen molar-refractivity contribution in [3.05, 3.63) is 58.1 Å². The van der Waals surface area contributed by atoms with Crippen LogP contribution in [0.1, 0.15) is 25.3 Å². The van der Waals surface area contributed by atoms with Crippen LogP contribution >= 0.6 is 0 Å². The molecule has 0 N–H and O–H groups in total. The second-order valence-corrected chi connectivity index (χ2v) is 7.19. The molecule has 0 bridgehead atoms. The molecule has 0 spiro atoms. The van der Waals surface area contributed by atoms with Crippen LogP contribution in [-0.2, 0) is 10.0 Å². The molecule has 2 aromatic rings. The van der Waals surface area contributed by atoms with Crippen LogP contribution in [0.25, 0.3) is 0 Å². The first-order chi connectivity index (χ1) is 12.9. The topological polar surface area (TPSA) is 108 Å². The van der Waals surface area contributed by atoms with Crippen molar-refractivity contribution in [1.82, 2.24) is 0 Å². The predicted octanol–water partition coefficient (Wildman–Crippen LogP) is 3.59. The lowest BCUT2D eigenvalue weighted by Crippen LogP contribution is -2.04. The van der Waals surface area contributed by atoms with Crippen LogP contribution in [0.4, 0.5) is 5.69 Å². The van der Waals surface area contributed by atoms with Crippen LogP contribution in [0.15, 0.2) is 51.8 Å². The highest BCUT2D eigenvalue weighted by Crippen LogP contribution is 2.38. The van der Waals surface area contributed by atoms with Gasteiger partial charge in [0.15, 0.2) is 5.75 Å². The van der Waals surface area contributed by atoms with Gasteiger partial charge in [0.25, 0.3) is 10.0 Å². The summed E-state index contributed by atoms with van der Waals surface area (Å²) in [4.78, 5) is 10.8. The van der Waals surface area contributed by atoms with Crippen LogP contribution in [0.5, 0.6) is 11.5 Å². The van der Waals surface area contributed by atoms with Crippen molar-refractivity contribution in [3.63, 3.8) is 0 Å². The summed E-state index contributed by atoms with van der Waals surface area (Å²) in [5.41, 5.74) is -0.107. The summed E-state index contributed by atoms with van der Waals surface area (Å²) >= 11 is 0. The molecular weight excluding hydrogens is 372 g/mol. The first-order valence-electron chi connectivity index (χ1n) is 8.23. The van der Waals surface area contributed by atoms with Gasteiger partial charge in [-0.1, -0.05) is 31.5 Å². The molecule has 0 atom stereocenters. The third-order valence-electron chi connectivity index (χ3n) is 3.60. The van der Waals surface area contributed by atoms with Gasteiger partial charge in [-0.05, 0) is 24.6 Å². The molecule has 0 aliphatic heterocycles. The summed E-state index contributed by atoms with van der Waals surface area (Å²) in [5, 5.41) is 11.4. The summed E-state index contributed by atoms with van der Waals surface area (Å²) in [7, 11) is -2.56. The molecule has 27 heavy (non-hydrogen) atoms.